The Morgan fingerprint density at radius 2 is 1.69 bits per heavy atom. The van der Waals surface area contributed by atoms with Gasteiger partial charge in [-0.1, -0.05) is 63.2 Å². The number of carbonyl (C=O) groups excluding carboxylic acids is 4. The molecule has 0 spiro atoms. The molecule has 4 amide bonds. The second-order valence-corrected chi connectivity index (χ2v) is 21.2. The van der Waals surface area contributed by atoms with Crippen LogP contribution in [0.4, 0.5) is 13.2 Å². The van der Waals surface area contributed by atoms with Gasteiger partial charge < -0.3 is 40.4 Å². The predicted octanol–water partition coefficient (Wildman–Crippen LogP) is 7.45. The lowest BCUT2D eigenvalue weighted by molar-refractivity contribution is -0.144. The van der Waals surface area contributed by atoms with Gasteiger partial charge in [0.15, 0.2) is 0 Å². The summed E-state index contributed by atoms with van der Waals surface area (Å²) in [5.74, 6) is -3.38. The number of likely N-dealkylation sites (tertiary alicyclic amines) is 1. The molecule has 0 bridgehead atoms. The van der Waals surface area contributed by atoms with Crippen molar-refractivity contribution in [1.82, 2.24) is 35.7 Å². The molecule has 1 fully saturated rings. The summed E-state index contributed by atoms with van der Waals surface area (Å²) in [4.78, 5) is 64.9. The van der Waals surface area contributed by atoms with Crippen molar-refractivity contribution in [1.29, 1.82) is 0 Å². The van der Waals surface area contributed by atoms with Crippen LogP contribution in [0.15, 0.2) is 66.2 Å². The smallest absolute Gasteiger partial charge is 0.246 e. The number of aliphatic hydroxyl groups is 1. The minimum Gasteiger partial charge on any atom is -0.492 e. The van der Waals surface area contributed by atoms with Crippen molar-refractivity contribution in [2.24, 2.45) is 5.41 Å². The summed E-state index contributed by atoms with van der Waals surface area (Å²) in [6.07, 6.45) is 0.811. The summed E-state index contributed by atoms with van der Waals surface area (Å²) in [7, 11) is 0. The van der Waals surface area contributed by atoms with E-state index in [1.165, 1.54) is 18.7 Å². The summed E-state index contributed by atoms with van der Waals surface area (Å²) in [5.41, 5.74) is 4.50. The Morgan fingerprint density at radius 3 is 2.37 bits per heavy atom. The topological polar surface area (TPSA) is 178 Å². The van der Waals surface area contributed by atoms with Crippen LogP contribution >= 0.6 is 11.3 Å². The zero-order valence-electron chi connectivity index (χ0n) is 41.5. The summed E-state index contributed by atoms with van der Waals surface area (Å²) in [5, 5.41) is 19.9. The van der Waals surface area contributed by atoms with E-state index in [0.717, 1.165) is 50.3 Å². The molecule has 1 unspecified atom stereocenters. The van der Waals surface area contributed by atoms with E-state index in [2.05, 4.69) is 25.9 Å². The van der Waals surface area contributed by atoms with Gasteiger partial charge in [0.1, 0.15) is 48.4 Å². The SMILES string of the molecule is Cc1ncsc1-c1ccc(CNC(=O)[C@@H]2C[C@@H](O)CN2C(=O)C(NC(=O)COCCCCC(=O)NCCOc2cc(F)c([C@@H]3c4[nH]c5ccccc5c4C[C@@H](C)N3CC(C)(C)F)c(F)c2)C(C)(C)C)cc1. The molecule has 2 aromatic heterocycles. The molecule has 5 N–H and O–H groups in total. The molecule has 14 nitrogen and oxygen atoms in total. The van der Waals surface area contributed by atoms with E-state index in [4.69, 9.17) is 9.47 Å². The quantitative estimate of drug-likeness (QED) is 0.0496. The molecular formula is C53H66F3N7O7S. The number of unbranched alkanes of at least 4 members (excludes halogenated alkanes) is 1. The molecule has 18 heteroatoms. The molecule has 71 heavy (non-hydrogen) atoms. The van der Waals surface area contributed by atoms with Gasteiger partial charge in [0.2, 0.25) is 23.6 Å². The van der Waals surface area contributed by atoms with Gasteiger partial charge in [-0.05, 0) is 75.1 Å². The number of aliphatic hydroxyl groups excluding tert-OH is 1. The van der Waals surface area contributed by atoms with Gasteiger partial charge in [0.25, 0.3) is 0 Å². The number of hydrogen-bond acceptors (Lipinski definition) is 10. The second kappa shape index (κ2) is 22.7. The van der Waals surface area contributed by atoms with E-state index in [1.807, 2.05) is 67.3 Å². The number of β-amino-alcohol motifs (C(OH)–C–C–N with tert-alkyl or cyclic N) is 1. The van der Waals surface area contributed by atoms with Crippen molar-refractivity contribution in [3.05, 3.63) is 106 Å². The fraction of sp³-hybridized carbons (Fsp3) is 0.491. The van der Waals surface area contributed by atoms with Crippen molar-refractivity contribution >= 4 is 45.9 Å². The summed E-state index contributed by atoms with van der Waals surface area (Å²) in [6.45, 7) is 12.2. The fourth-order valence-corrected chi connectivity index (χ4v) is 10.3. The van der Waals surface area contributed by atoms with E-state index in [1.54, 1.807) is 37.6 Å². The minimum absolute atomic E-state index is 0.0404. The first kappa shape index (κ1) is 53.0. The van der Waals surface area contributed by atoms with Gasteiger partial charge in [-0.2, -0.15) is 0 Å². The Morgan fingerprint density at radius 1 is 0.972 bits per heavy atom. The number of thiazole rings is 1. The average Bonchev–Trinajstić information content (AvgIpc) is 4.03. The Kier molecular flexibility index (Phi) is 17.0. The zero-order valence-corrected chi connectivity index (χ0v) is 42.3. The predicted molar refractivity (Wildman–Crippen MR) is 266 cm³/mol. The van der Waals surface area contributed by atoms with Crippen LogP contribution in [-0.4, -0.2) is 118 Å². The maximum Gasteiger partial charge on any atom is 0.246 e. The monoisotopic (exact) mass is 1000 g/mol. The molecular weight excluding hydrogens is 936 g/mol. The molecule has 3 aromatic carbocycles. The number of nitrogens with zero attached hydrogens (tertiary/aromatic N) is 3. The number of halogens is 3. The van der Waals surface area contributed by atoms with Crippen LogP contribution in [0.2, 0.25) is 0 Å². The largest absolute Gasteiger partial charge is 0.492 e. The summed E-state index contributed by atoms with van der Waals surface area (Å²) >= 11 is 1.56. The molecule has 382 valence electrons. The van der Waals surface area contributed by atoms with Gasteiger partial charge in [-0.3, -0.25) is 24.1 Å². The molecule has 5 aromatic rings. The highest BCUT2D eigenvalue weighted by atomic mass is 32.1. The number of amides is 4. The lowest BCUT2D eigenvalue weighted by Crippen LogP contribution is -2.58. The van der Waals surface area contributed by atoms with E-state index in [-0.39, 0.29) is 82.1 Å². The highest BCUT2D eigenvalue weighted by molar-refractivity contribution is 7.13. The number of H-pyrrole nitrogens is 1. The normalized spacial score (nSPS) is 18.8. The maximum atomic E-state index is 16.0. The number of carbonyl (C=O) groups is 4. The van der Waals surface area contributed by atoms with E-state index >= 15 is 13.2 Å². The number of benzene rings is 3. The number of aryl methyl sites for hydroxylation is 1. The van der Waals surface area contributed by atoms with Gasteiger partial charge >= 0.3 is 0 Å². The molecule has 2 aliphatic rings. The van der Waals surface area contributed by atoms with Crippen molar-refractivity contribution in [3.8, 4) is 16.2 Å². The average molecular weight is 1000 g/mol. The summed E-state index contributed by atoms with van der Waals surface area (Å²) in [6, 6.07) is 14.7. The van der Waals surface area contributed by atoms with Crippen LogP contribution in [-0.2, 0) is 36.9 Å². The van der Waals surface area contributed by atoms with Crippen LogP contribution in [0.25, 0.3) is 21.3 Å². The molecule has 2 aliphatic heterocycles. The fourth-order valence-electron chi connectivity index (χ4n) is 9.49. The summed E-state index contributed by atoms with van der Waals surface area (Å²) < 4.78 is 58.5. The first-order valence-corrected chi connectivity index (χ1v) is 25.1. The minimum atomic E-state index is -1.63. The number of aromatic amines is 1. The molecule has 1 saturated heterocycles. The van der Waals surface area contributed by atoms with Crippen LogP contribution in [0.1, 0.15) is 101 Å². The van der Waals surface area contributed by atoms with Gasteiger partial charge in [-0.25, -0.2) is 18.2 Å². The van der Waals surface area contributed by atoms with Crippen LogP contribution in [0.5, 0.6) is 5.75 Å². The van der Waals surface area contributed by atoms with Crippen molar-refractivity contribution < 1.29 is 46.9 Å². The Hall–Kier alpha value is -5.82. The molecule has 5 atom stereocenters. The van der Waals surface area contributed by atoms with Gasteiger partial charge in [-0.15, -0.1) is 11.3 Å². The van der Waals surface area contributed by atoms with Gasteiger partial charge in [0, 0.05) is 79.4 Å². The van der Waals surface area contributed by atoms with Crippen molar-refractivity contribution in [2.45, 2.75) is 123 Å². The molecule has 0 aliphatic carbocycles. The lowest BCUT2D eigenvalue weighted by atomic mass is 9.85. The Labute approximate surface area is 417 Å². The van der Waals surface area contributed by atoms with Crippen LogP contribution in [0, 0.1) is 24.0 Å². The number of fused-ring (bicyclic) bond motifs is 3. The maximum absolute atomic E-state index is 16.0. The standard InChI is InChI=1S/C53H66F3N7O7S/c1-31-22-38-37-12-8-9-13-41(37)60-46(38)47(63(31)29-53(6,7)56)45-39(54)24-36(25-40(45)55)70-21-19-57-43(65)14-10-11-20-69-28-44(66)61-49(52(3,4)5)51(68)62-27-35(64)23-42(62)50(67)58-26-33-15-17-34(18-16-33)48-32(2)59-30-71-48/h8-9,12-13,15-18,24-25,30-31,35,42,47,49,60,64H,10-11,14,19-23,26-29H2,1-7H3,(H,57,65)(H,58,67)(H,61,66)/t31-,35-,42+,47-,49?/m1/s1. The van der Waals surface area contributed by atoms with Crippen molar-refractivity contribution in [3.63, 3.8) is 0 Å². The third-order valence-corrected chi connectivity index (χ3v) is 14.0. The number of nitrogens with one attached hydrogen (secondary N) is 4. The van der Waals surface area contributed by atoms with Crippen LogP contribution < -0.4 is 20.7 Å². The van der Waals surface area contributed by atoms with Crippen molar-refractivity contribution in [2.75, 3.05) is 39.5 Å². The first-order valence-electron chi connectivity index (χ1n) is 24.2. The molecule has 4 heterocycles. The zero-order chi connectivity index (χ0) is 51.2. The first-order chi connectivity index (χ1) is 33.7. The Bertz CT molecular complexity index is 2660. The third kappa shape index (κ3) is 13.2. The lowest BCUT2D eigenvalue weighted by Gasteiger charge is -2.43. The Balaban J connectivity index is 0.823. The number of ether oxygens (including phenoxy) is 2. The number of aromatic nitrogens is 2. The third-order valence-electron chi connectivity index (χ3n) is 13.0. The number of para-hydroxylation sites is 1. The number of alkyl halides is 1. The van der Waals surface area contributed by atoms with E-state index in [0.29, 0.717) is 25.0 Å². The molecule has 0 saturated carbocycles. The number of hydrogen-bond donors (Lipinski definition) is 5. The van der Waals surface area contributed by atoms with Crippen LogP contribution in [0.3, 0.4) is 0 Å². The highest BCUT2D eigenvalue weighted by Crippen LogP contribution is 2.44. The highest BCUT2D eigenvalue weighted by Gasteiger charge is 2.45. The molecule has 7 rings (SSSR count). The van der Waals surface area contributed by atoms with E-state index < -0.39 is 64.7 Å². The van der Waals surface area contributed by atoms with E-state index in [9.17, 15) is 24.3 Å². The molecule has 0 radical (unpaired) electrons. The second-order valence-electron chi connectivity index (χ2n) is 20.4. The van der Waals surface area contributed by atoms with Gasteiger partial charge in [0.05, 0.1) is 34.8 Å². The number of rotatable bonds is 20.